The lowest BCUT2D eigenvalue weighted by Crippen LogP contribution is -2.80. The van der Waals surface area contributed by atoms with Gasteiger partial charge in [-0.25, -0.2) is 9.97 Å². The molecule has 0 aliphatic heterocycles. The molecule has 10 atom stereocenters. The van der Waals surface area contributed by atoms with Crippen molar-refractivity contribution in [1.82, 2.24) is 19.9 Å². The van der Waals surface area contributed by atoms with Crippen molar-refractivity contribution in [2.45, 2.75) is 38.5 Å². The Bertz CT molecular complexity index is 2180. The second-order valence-electron chi connectivity index (χ2n) is 15.1. The first-order valence-corrected chi connectivity index (χ1v) is 16.2. The first kappa shape index (κ1) is 23.1. The highest BCUT2D eigenvalue weighted by atomic mass is 16.1. The van der Waals surface area contributed by atoms with Gasteiger partial charge < -0.3 is 0 Å². The fraction of sp³-hybridized carbons (Fsp3) is 0.368. The molecule has 6 unspecified atom stereocenters. The van der Waals surface area contributed by atoms with Gasteiger partial charge in [0.15, 0.2) is 11.6 Å². The Kier molecular flexibility index (Phi) is 3.59. The van der Waals surface area contributed by atoms with Gasteiger partial charge in [0.2, 0.25) is 0 Å². The van der Waals surface area contributed by atoms with Crippen LogP contribution in [0.1, 0.15) is 70.6 Å². The molecule has 6 heteroatoms. The molecule has 7 aliphatic carbocycles. The second-order valence-corrected chi connectivity index (χ2v) is 15.1. The molecule has 0 radical (unpaired) electrons. The van der Waals surface area contributed by atoms with E-state index >= 15 is 0 Å². The molecule has 12 rings (SSSR count). The normalized spacial score (nSPS) is 39.6. The van der Waals surface area contributed by atoms with Crippen LogP contribution in [0.15, 0.2) is 72.1 Å². The Hall–Kier alpha value is -4.32. The third-order valence-electron chi connectivity index (χ3n) is 14.4. The summed E-state index contributed by atoms with van der Waals surface area (Å²) in [7, 11) is 0. The molecule has 0 N–H and O–H groups in total. The number of aromatic nitrogens is 4. The molecule has 7 aliphatic rings. The summed E-state index contributed by atoms with van der Waals surface area (Å²) in [4.78, 5) is 48.2. The van der Waals surface area contributed by atoms with Gasteiger partial charge in [0, 0.05) is 57.3 Å². The minimum Gasteiger partial charge on any atom is -0.289 e. The number of carbonyl (C=O) groups is 2. The summed E-state index contributed by atoms with van der Waals surface area (Å²) in [6.07, 6.45) is 5.75. The number of carbonyl (C=O) groups excluding carboxylic acids is 2. The second kappa shape index (κ2) is 6.83. The first-order valence-electron chi connectivity index (χ1n) is 16.2. The van der Waals surface area contributed by atoms with Crippen molar-refractivity contribution in [1.29, 1.82) is 0 Å². The Morgan fingerprint density at radius 2 is 1.00 bits per heavy atom. The van der Waals surface area contributed by atoms with Gasteiger partial charge in [-0.2, -0.15) is 0 Å². The van der Waals surface area contributed by atoms with Crippen LogP contribution in [0.5, 0.6) is 0 Å². The standard InChI is InChI=1S/C38H28N4O2/c1-37-25-19-13-20(24-23(19)35(43)15-7-3-4-8-16(15)36(24)44)26(25)38(37,2)28-22-14-21(27(28)37)33-34(22)42-32-18-10-6-12-40-30(18)29-17(31(32)41-33)9-5-11-39-29/h3-12,19-22,25-28H,13-14H2,1-2H3/t19-,20+,21-,22+,25?,26?,27?,28?,37?,38?. The van der Waals surface area contributed by atoms with E-state index < -0.39 is 0 Å². The van der Waals surface area contributed by atoms with Crippen LogP contribution < -0.4 is 0 Å². The molecule has 6 nitrogen and oxygen atoms in total. The Morgan fingerprint density at radius 1 is 0.568 bits per heavy atom. The molecule has 4 fully saturated rings. The van der Waals surface area contributed by atoms with E-state index in [1.54, 1.807) is 0 Å². The molecule has 3 aromatic heterocycles. The SMILES string of the molecule is CC12C3C([C@H]4C[C@@H]3c3nc5c6cccnc6c6ncccc6c5nc34)C1(C)C1C2[C@H]2C[C@@H]1C1=C2C(=O)c2ccccc2C1=O. The number of rotatable bonds is 0. The molecule has 212 valence electrons. The molecule has 0 saturated heterocycles. The van der Waals surface area contributed by atoms with Crippen LogP contribution in [0.3, 0.4) is 0 Å². The molecule has 5 aromatic rings. The summed E-state index contributed by atoms with van der Waals surface area (Å²) in [5.74, 6) is 3.47. The van der Waals surface area contributed by atoms with E-state index in [1.807, 2.05) is 48.8 Å². The maximum atomic E-state index is 13.9. The quantitative estimate of drug-likeness (QED) is 0.149. The summed E-state index contributed by atoms with van der Waals surface area (Å²) in [6.45, 7) is 5.07. The molecular weight excluding hydrogens is 544 g/mol. The highest BCUT2D eigenvalue weighted by molar-refractivity contribution is 6.28. The summed E-state index contributed by atoms with van der Waals surface area (Å²) in [5.41, 5.74) is 9.31. The maximum Gasteiger partial charge on any atom is 0.190 e. The predicted octanol–water partition coefficient (Wildman–Crippen LogP) is 6.84. The number of hydrogen-bond acceptors (Lipinski definition) is 6. The van der Waals surface area contributed by atoms with Gasteiger partial charge in [0.25, 0.3) is 0 Å². The topological polar surface area (TPSA) is 85.7 Å². The van der Waals surface area contributed by atoms with E-state index in [2.05, 4.69) is 26.0 Å². The van der Waals surface area contributed by atoms with Crippen LogP contribution >= 0.6 is 0 Å². The zero-order valence-corrected chi connectivity index (χ0v) is 24.4. The van der Waals surface area contributed by atoms with E-state index in [1.165, 1.54) is 11.4 Å². The fourth-order valence-electron chi connectivity index (χ4n) is 13.2. The van der Waals surface area contributed by atoms with Crippen LogP contribution in [0.25, 0.3) is 32.8 Å². The van der Waals surface area contributed by atoms with Crippen molar-refractivity contribution in [3.05, 3.63) is 94.6 Å². The third kappa shape index (κ3) is 2.04. The van der Waals surface area contributed by atoms with E-state index in [-0.39, 0.29) is 34.2 Å². The van der Waals surface area contributed by atoms with E-state index in [0.29, 0.717) is 46.6 Å². The largest absolute Gasteiger partial charge is 0.289 e. The van der Waals surface area contributed by atoms with Crippen LogP contribution in [0.4, 0.5) is 0 Å². The van der Waals surface area contributed by atoms with Crippen LogP contribution in [0.2, 0.25) is 0 Å². The molecule has 2 aromatic carbocycles. The molecule has 0 amide bonds. The highest BCUT2D eigenvalue weighted by Crippen LogP contribution is 2.94. The van der Waals surface area contributed by atoms with Crippen LogP contribution in [-0.4, -0.2) is 31.5 Å². The van der Waals surface area contributed by atoms with Crippen LogP contribution in [0, 0.1) is 46.3 Å². The van der Waals surface area contributed by atoms with Crippen molar-refractivity contribution in [2.75, 3.05) is 0 Å². The van der Waals surface area contributed by atoms with E-state index in [0.717, 1.165) is 56.8 Å². The van der Waals surface area contributed by atoms with Crippen molar-refractivity contribution in [3.8, 4) is 0 Å². The molecular formula is C38H28N4O2. The average molecular weight is 573 g/mol. The van der Waals surface area contributed by atoms with Gasteiger partial charge in [-0.05, 0) is 83.4 Å². The summed E-state index contributed by atoms with van der Waals surface area (Å²) < 4.78 is 0. The van der Waals surface area contributed by atoms with Gasteiger partial charge in [0.1, 0.15) is 0 Å². The number of hydrogen-bond donors (Lipinski definition) is 0. The fourth-order valence-corrected chi connectivity index (χ4v) is 13.2. The van der Waals surface area contributed by atoms with Gasteiger partial charge in [-0.15, -0.1) is 0 Å². The van der Waals surface area contributed by atoms with Crippen molar-refractivity contribution in [3.63, 3.8) is 0 Å². The van der Waals surface area contributed by atoms with Gasteiger partial charge >= 0.3 is 0 Å². The minimum atomic E-state index is 0.118. The monoisotopic (exact) mass is 572 g/mol. The number of benzene rings is 2. The van der Waals surface area contributed by atoms with Crippen molar-refractivity contribution >= 4 is 44.4 Å². The number of fused-ring (bicyclic) bond motifs is 27. The van der Waals surface area contributed by atoms with Crippen molar-refractivity contribution < 1.29 is 9.59 Å². The summed E-state index contributed by atoms with van der Waals surface area (Å²) >= 11 is 0. The van der Waals surface area contributed by atoms with Gasteiger partial charge in [-0.1, -0.05) is 38.1 Å². The lowest BCUT2D eigenvalue weighted by atomic mass is 9.20. The zero-order valence-electron chi connectivity index (χ0n) is 24.4. The Morgan fingerprint density at radius 3 is 1.48 bits per heavy atom. The van der Waals surface area contributed by atoms with Gasteiger partial charge in [-0.3, -0.25) is 19.6 Å². The summed E-state index contributed by atoms with van der Waals surface area (Å²) in [5, 5.41) is 2.04. The lowest BCUT2D eigenvalue weighted by Gasteiger charge is -2.84. The third-order valence-corrected chi connectivity index (χ3v) is 14.4. The Labute approximate surface area is 253 Å². The number of nitrogens with zero attached hydrogens (tertiary/aromatic N) is 4. The Balaban J connectivity index is 1.03. The van der Waals surface area contributed by atoms with Crippen LogP contribution in [-0.2, 0) is 0 Å². The number of allylic oxidation sites excluding steroid dienone is 2. The maximum absolute atomic E-state index is 13.9. The van der Waals surface area contributed by atoms with E-state index in [4.69, 9.17) is 19.9 Å². The minimum absolute atomic E-state index is 0.118. The number of Topliss-reactive ketones (excluding diaryl/α,β-unsaturated/α-hetero) is 2. The predicted molar refractivity (Wildman–Crippen MR) is 164 cm³/mol. The number of pyridine rings is 2. The molecule has 44 heavy (non-hydrogen) atoms. The molecule has 0 spiro atoms. The smallest absolute Gasteiger partial charge is 0.190 e. The number of ketones is 2. The lowest BCUT2D eigenvalue weighted by molar-refractivity contribution is -0.354. The first-order chi connectivity index (χ1) is 21.4. The van der Waals surface area contributed by atoms with E-state index in [9.17, 15) is 9.59 Å². The molecule has 4 saturated carbocycles. The molecule has 4 bridgehead atoms. The average Bonchev–Trinajstić information content (AvgIpc) is 3.83. The van der Waals surface area contributed by atoms with Gasteiger partial charge in [0.05, 0.1) is 33.5 Å². The highest BCUT2D eigenvalue weighted by Gasteiger charge is 2.89. The summed E-state index contributed by atoms with van der Waals surface area (Å²) in [6, 6.07) is 15.7. The van der Waals surface area contributed by atoms with Crippen molar-refractivity contribution in [2.24, 2.45) is 46.3 Å². The zero-order chi connectivity index (χ0) is 29.0. The molecule has 3 heterocycles.